The monoisotopic (exact) mass is 353 g/mol. The molecule has 6 heteroatoms. The molecule has 0 aliphatic heterocycles. The molecule has 2 rings (SSSR count). The van der Waals surface area contributed by atoms with Crippen molar-refractivity contribution < 1.29 is 4.79 Å². The van der Waals surface area contributed by atoms with Gasteiger partial charge in [-0.25, -0.2) is 0 Å². The standard InChI is InChI=1S/C14H13BrClN3O/c15-9-3-1-8(2-4-9)7-19-13-11(14(18)20)5-10(17)6-12(13)16/h1-6,19H,7,17H2,(H2,18,20). The molecule has 1 amide bonds. The third kappa shape index (κ3) is 3.43. The molecule has 104 valence electrons. The van der Waals surface area contributed by atoms with Gasteiger partial charge < -0.3 is 16.8 Å². The minimum Gasteiger partial charge on any atom is -0.399 e. The molecule has 0 radical (unpaired) electrons. The molecule has 0 bridgehead atoms. The van der Waals surface area contributed by atoms with Gasteiger partial charge in [0.2, 0.25) is 0 Å². The molecular weight excluding hydrogens is 342 g/mol. The molecule has 0 aliphatic carbocycles. The van der Waals surface area contributed by atoms with Crippen LogP contribution in [0.15, 0.2) is 40.9 Å². The Hall–Kier alpha value is -1.72. The number of primary amides is 1. The van der Waals surface area contributed by atoms with Gasteiger partial charge in [-0.2, -0.15) is 0 Å². The zero-order valence-corrected chi connectivity index (χ0v) is 12.8. The number of benzene rings is 2. The lowest BCUT2D eigenvalue weighted by Crippen LogP contribution is -2.15. The van der Waals surface area contributed by atoms with Crippen LogP contribution in [0.5, 0.6) is 0 Å². The van der Waals surface area contributed by atoms with E-state index in [0.29, 0.717) is 22.9 Å². The van der Waals surface area contributed by atoms with Crippen LogP contribution in [0.2, 0.25) is 5.02 Å². The first-order valence-electron chi connectivity index (χ1n) is 5.84. The molecule has 0 aromatic heterocycles. The van der Waals surface area contributed by atoms with Gasteiger partial charge in [0.15, 0.2) is 0 Å². The summed E-state index contributed by atoms with van der Waals surface area (Å²) in [5, 5.41) is 3.49. The van der Waals surface area contributed by atoms with E-state index in [4.69, 9.17) is 23.1 Å². The number of hydrogen-bond acceptors (Lipinski definition) is 3. The van der Waals surface area contributed by atoms with Gasteiger partial charge in [-0.1, -0.05) is 39.7 Å². The van der Waals surface area contributed by atoms with E-state index in [2.05, 4.69) is 21.2 Å². The third-order valence-corrected chi connectivity index (χ3v) is 3.59. The number of carbonyl (C=O) groups is 1. The Morgan fingerprint density at radius 3 is 2.50 bits per heavy atom. The summed E-state index contributed by atoms with van der Waals surface area (Å²) in [4.78, 5) is 11.4. The molecular formula is C14H13BrClN3O. The van der Waals surface area contributed by atoms with Crippen LogP contribution in [0.1, 0.15) is 15.9 Å². The van der Waals surface area contributed by atoms with Gasteiger partial charge in [0.25, 0.3) is 5.91 Å². The number of nitrogen functional groups attached to an aromatic ring is 1. The number of carbonyl (C=O) groups excluding carboxylic acids is 1. The Morgan fingerprint density at radius 1 is 1.25 bits per heavy atom. The lowest BCUT2D eigenvalue weighted by molar-refractivity contribution is 0.100. The molecule has 0 aliphatic rings. The second-order valence-corrected chi connectivity index (χ2v) is 5.59. The van der Waals surface area contributed by atoms with Crippen molar-refractivity contribution in [3.63, 3.8) is 0 Å². The summed E-state index contributed by atoms with van der Waals surface area (Å²) < 4.78 is 1.00. The molecule has 20 heavy (non-hydrogen) atoms. The molecule has 0 atom stereocenters. The van der Waals surface area contributed by atoms with Crippen molar-refractivity contribution in [1.29, 1.82) is 0 Å². The topological polar surface area (TPSA) is 81.1 Å². The van der Waals surface area contributed by atoms with Crippen molar-refractivity contribution in [2.45, 2.75) is 6.54 Å². The van der Waals surface area contributed by atoms with E-state index < -0.39 is 5.91 Å². The highest BCUT2D eigenvalue weighted by Gasteiger charge is 2.13. The van der Waals surface area contributed by atoms with Crippen molar-refractivity contribution in [1.82, 2.24) is 0 Å². The molecule has 0 unspecified atom stereocenters. The number of nitrogens with one attached hydrogen (secondary N) is 1. The quantitative estimate of drug-likeness (QED) is 0.736. The maximum Gasteiger partial charge on any atom is 0.250 e. The number of anilines is 2. The number of halogens is 2. The van der Waals surface area contributed by atoms with Crippen molar-refractivity contribution >= 4 is 44.8 Å². The Morgan fingerprint density at radius 2 is 1.90 bits per heavy atom. The minimum atomic E-state index is -0.572. The van der Waals surface area contributed by atoms with E-state index in [0.717, 1.165) is 10.0 Å². The third-order valence-electron chi connectivity index (χ3n) is 2.76. The highest BCUT2D eigenvalue weighted by Crippen LogP contribution is 2.29. The summed E-state index contributed by atoms with van der Waals surface area (Å²) in [6.07, 6.45) is 0. The van der Waals surface area contributed by atoms with Gasteiger partial charge in [0.1, 0.15) is 0 Å². The first kappa shape index (κ1) is 14.7. The molecule has 2 aromatic carbocycles. The molecule has 2 aromatic rings. The maximum absolute atomic E-state index is 11.4. The van der Waals surface area contributed by atoms with E-state index in [9.17, 15) is 4.79 Å². The molecule has 5 N–H and O–H groups in total. The number of amides is 1. The number of hydrogen-bond donors (Lipinski definition) is 3. The Labute approximate surface area is 130 Å². The first-order chi connectivity index (χ1) is 9.47. The summed E-state index contributed by atoms with van der Waals surface area (Å²) in [5.41, 5.74) is 13.2. The second kappa shape index (κ2) is 6.15. The maximum atomic E-state index is 11.4. The van der Waals surface area contributed by atoms with Gasteiger partial charge in [-0.3, -0.25) is 4.79 Å². The Balaban J connectivity index is 2.24. The van der Waals surface area contributed by atoms with Crippen molar-refractivity contribution in [2.75, 3.05) is 11.1 Å². The summed E-state index contributed by atoms with van der Waals surface area (Å²) in [6.45, 7) is 0.525. The van der Waals surface area contributed by atoms with Gasteiger partial charge >= 0.3 is 0 Å². The summed E-state index contributed by atoms with van der Waals surface area (Å²) in [7, 11) is 0. The predicted molar refractivity (Wildman–Crippen MR) is 85.9 cm³/mol. The van der Waals surface area contributed by atoms with E-state index in [1.165, 1.54) is 6.07 Å². The first-order valence-corrected chi connectivity index (χ1v) is 7.01. The molecule has 0 spiro atoms. The fraction of sp³-hybridized carbons (Fsp3) is 0.0714. The fourth-order valence-electron chi connectivity index (χ4n) is 1.79. The van der Waals surface area contributed by atoms with Gasteiger partial charge in [-0.15, -0.1) is 0 Å². The van der Waals surface area contributed by atoms with Crippen LogP contribution in [0.25, 0.3) is 0 Å². The fourth-order valence-corrected chi connectivity index (χ4v) is 2.35. The summed E-state index contributed by atoms with van der Waals surface area (Å²) >= 11 is 9.49. The van der Waals surface area contributed by atoms with Crippen molar-refractivity contribution in [2.24, 2.45) is 5.73 Å². The van der Waals surface area contributed by atoms with Crippen LogP contribution in [0, 0.1) is 0 Å². The van der Waals surface area contributed by atoms with E-state index >= 15 is 0 Å². The lowest BCUT2D eigenvalue weighted by Gasteiger charge is -2.13. The van der Waals surface area contributed by atoms with Crippen LogP contribution < -0.4 is 16.8 Å². The summed E-state index contributed by atoms with van der Waals surface area (Å²) in [5.74, 6) is -0.572. The predicted octanol–water partition coefficient (Wildman–Crippen LogP) is 3.40. The molecule has 0 fully saturated rings. The van der Waals surface area contributed by atoms with Gasteiger partial charge in [0, 0.05) is 16.7 Å². The number of rotatable bonds is 4. The smallest absolute Gasteiger partial charge is 0.250 e. The van der Waals surface area contributed by atoms with E-state index in [1.54, 1.807) is 6.07 Å². The van der Waals surface area contributed by atoms with Crippen LogP contribution in [-0.4, -0.2) is 5.91 Å². The Kier molecular flexibility index (Phi) is 4.52. The van der Waals surface area contributed by atoms with Crippen LogP contribution in [0.4, 0.5) is 11.4 Å². The van der Waals surface area contributed by atoms with Crippen molar-refractivity contribution in [3.05, 3.63) is 57.0 Å². The van der Waals surface area contributed by atoms with E-state index in [-0.39, 0.29) is 5.56 Å². The van der Waals surface area contributed by atoms with Gasteiger partial charge in [0.05, 0.1) is 16.3 Å². The molecule has 4 nitrogen and oxygen atoms in total. The molecule has 0 heterocycles. The number of nitrogens with two attached hydrogens (primary N) is 2. The zero-order valence-electron chi connectivity index (χ0n) is 10.5. The SMILES string of the molecule is NC(=O)c1cc(N)cc(Cl)c1NCc1ccc(Br)cc1. The van der Waals surface area contributed by atoms with Crippen LogP contribution in [-0.2, 0) is 6.54 Å². The highest BCUT2D eigenvalue weighted by molar-refractivity contribution is 9.10. The highest BCUT2D eigenvalue weighted by atomic mass is 79.9. The second-order valence-electron chi connectivity index (χ2n) is 4.27. The minimum absolute atomic E-state index is 0.284. The molecule has 0 saturated carbocycles. The van der Waals surface area contributed by atoms with E-state index in [1.807, 2.05) is 24.3 Å². The van der Waals surface area contributed by atoms with Crippen LogP contribution in [0.3, 0.4) is 0 Å². The zero-order chi connectivity index (χ0) is 14.7. The molecule has 0 saturated heterocycles. The van der Waals surface area contributed by atoms with Crippen LogP contribution >= 0.6 is 27.5 Å². The average molecular weight is 355 g/mol. The largest absolute Gasteiger partial charge is 0.399 e. The summed E-state index contributed by atoms with van der Waals surface area (Å²) in [6, 6.07) is 10.9. The lowest BCUT2D eigenvalue weighted by atomic mass is 10.1. The van der Waals surface area contributed by atoms with Crippen molar-refractivity contribution in [3.8, 4) is 0 Å². The van der Waals surface area contributed by atoms with Gasteiger partial charge in [-0.05, 0) is 29.8 Å². The average Bonchev–Trinajstić information content (AvgIpc) is 2.38. The Bertz CT molecular complexity index is 644. The normalized spacial score (nSPS) is 10.3.